The number of ether oxygens (including phenoxy) is 3. The molecular formula is C7H12O4. The summed E-state index contributed by atoms with van der Waals surface area (Å²) in [7, 11) is 2.99. The van der Waals surface area contributed by atoms with Crippen molar-refractivity contribution in [2.24, 2.45) is 5.92 Å². The Labute approximate surface area is 65.4 Å². The maximum Gasteiger partial charge on any atom is 0.338 e. The van der Waals surface area contributed by atoms with Gasteiger partial charge in [0.1, 0.15) is 0 Å². The Balaban J connectivity index is 2.62. The van der Waals surface area contributed by atoms with E-state index in [1.54, 1.807) is 0 Å². The molecule has 4 heteroatoms. The second-order valence-corrected chi connectivity index (χ2v) is 2.56. The molecule has 11 heavy (non-hydrogen) atoms. The van der Waals surface area contributed by atoms with E-state index in [2.05, 4.69) is 0 Å². The van der Waals surface area contributed by atoms with Gasteiger partial charge in [0.15, 0.2) is 6.10 Å². The summed E-state index contributed by atoms with van der Waals surface area (Å²) in [5.41, 5.74) is 0. The first kappa shape index (κ1) is 8.49. The Bertz CT molecular complexity index is 157. The topological polar surface area (TPSA) is 44.8 Å². The van der Waals surface area contributed by atoms with Crippen molar-refractivity contribution in [3.05, 3.63) is 0 Å². The highest BCUT2D eigenvalue weighted by atomic mass is 16.7. The van der Waals surface area contributed by atoms with Gasteiger partial charge in [-0.25, -0.2) is 4.79 Å². The third kappa shape index (κ3) is 1.36. The van der Waals surface area contributed by atoms with Gasteiger partial charge in [0.25, 0.3) is 0 Å². The smallest absolute Gasteiger partial charge is 0.338 e. The summed E-state index contributed by atoms with van der Waals surface area (Å²) in [5.74, 6) is -0.371. The van der Waals surface area contributed by atoms with Crippen LogP contribution in [0, 0.1) is 5.92 Å². The molecule has 0 spiro atoms. The Morgan fingerprint density at radius 1 is 1.36 bits per heavy atom. The number of methoxy groups -OCH3 is 2. The second kappa shape index (κ2) is 3.19. The SMILES string of the molecule is COC1OC(=O)C(OC)C1C. The minimum absolute atomic E-state index is 0.0301. The molecule has 64 valence electrons. The lowest BCUT2D eigenvalue weighted by Crippen LogP contribution is -2.25. The minimum atomic E-state index is -0.472. The fourth-order valence-electron chi connectivity index (χ4n) is 1.22. The van der Waals surface area contributed by atoms with Crippen LogP contribution in [0.5, 0.6) is 0 Å². The van der Waals surface area contributed by atoms with E-state index < -0.39 is 12.4 Å². The third-order valence-corrected chi connectivity index (χ3v) is 1.86. The molecule has 0 N–H and O–H groups in total. The average Bonchev–Trinajstić information content (AvgIpc) is 2.26. The zero-order valence-corrected chi connectivity index (χ0v) is 6.87. The first-order valence-electron chi connectivity index (χ1n) is 3.46. The predicted octanol–water partition coefficient (Wildman–Crippen LogP) is 0.167. The molecule has 0 aromatic heterocycles. The molecule has 3 atom stereocenters. The highest BCUT2D eigenvalue weighted by Gasteiger charge is 2.42. The molecule has 3 unspecified atom stereocenters. The summed E-state index contributed by atoms with van der Waals surface area (Å²) < 4.78 is 14.7. The molecule has 1 aliphatic rings. The van der Waals surface area contributed by atoms with Crippen molar-refractivity contribution < 1.29 is 19.0 Å². The molecule has 1 heterocycles. The van der Waals surface area contributed by atoms with E-state index >= 15 is 0 Å². The van der Waals surface area contributed by atoms with Crippen LogP contribution in [0.4, 0.5) is 0 Å². The number of hydrogen-bond donors (Lipinski definition) is 0. The van der Waals surface area contributed by atoms with Crippen molar-refractivity contribution in [3.63, 3.8) is 0 Å². The maximum absolute atomic E-state index is 11.0. The van der Waals surface area contributed by atoms with E-state index in [4.69, 9.17) is 14.2 Å². The number of rotatable bonds is 2. The molecule has 0 saturated carbocycles. The van der Waals surface area contributed by atoms with Gasteiger partial charge in [0.05, 0.1) is 5.92 Å². The van der Waals surface area contributed by atoms with Crippen LogP contribution in [0.25, 0.3) is 0 Å². The van der Waals surface area contributed by atoms with Crippen LogP contribution < -0.4 is 0 Å². The van der Waals surface area contributed by atoms with Gasteiger partial charge in [-0.15, -0.1) is 0 Å². The van der Waals surface area contributed by atoms with Crippen molar-refractivity contribution >= 4 is 5.97 Å². The lowest BCUT2D eigenvalue weighted by Gasteiger charge is -2.12. The van der Waals surface area contributed by atoms with Crippen molar-refractivity contribution in [2.75, 3.05) is 14.2 Å². The Kier molecular flexibility index (Phi) is 2.46. The van der Waals surface area contributed by atoms with E-state index in [0.717, 1.165) is 0 Å². The molecule has 0 amide bonds. The van der Waals surface area contributed by atoms with Gasteiger partial charge in [-0.2, -0.15) is 0 Å². The van der Waals surface area contributed by atoms with Crippen molar-refractivity contribution in [1.29, 1.82) is 0 Å². The summed E-state index contributed by atoms with van der Waals surface area (Å²) in [6, 6.07) is 0. The number of hydrogen-bond acceptors (Lipinski definition) is 4. The van der Waals surface area contributed by atoms with E-state index in [0.29, 0.717) is 0 Å². The van der Waals surface area contributed by atoms with Crippen molar-refractivity contribution in [3.8, 4) is 0 Å². The minimum Gasteiger partial charge on any atom is -0.433 e. The summed E-state index contributed by atoms with van der Waals surface area (Å²) in [5, 5.41) is 0. The molecule has 0 aromatic carbocycles. The summed E-state index contributed by atoms with van der Waals surface area (Å²) in [6.45, 7) is 1.85. The highest BCUT2D eigenvalue weighted by molar-refractivity contribution is 5.77. The Morgan fingerprint density at radius 2 is 2.00 bits per heavy atom. The summed E-state index contributed by atoms with van der Waals surface area (Å²) >= 11 is 0. The molecule has 1 aliphatic heterocycles. The van der Waals surface area contributed by atoms with Gasteiger partial charge in [-0.1, -0.05) is 6.92 Å². The molecule has 1 rings (SSSR count). The standard InChI is InChI=1S/C7H12O4/c1-4-5(9-2)6(8)11-7(4)10-3/h4-5,7H,1-3H3. The van der Waals surface area contributed by atoms with Crippen LogP contribution in [0.15, 0.2) is 0 Å². The van der Waals surface area contributed by atoms with Gasteiger partial charge < -0.3 is 14.2 Å². The van der Waals surface area contributed by atoms with E-state index in [1.807, 2.05) is 6.92 Å². The molecule has 1 saturated heterocycles. The average molecular weight is 160 g/mol. The molecule has 4 nitrogen and oxygen atoms in total. The number of carbonyl (C=O) groups excluding carboxylic acids is 1. The van der Waals surface area contributed by atoms with Crippen LogP contribution in [-0.4, -0.2) is 32.6 Å². The summed E-state index contributed by atoms with van der Waals surface area (Å²) in [6.07, 6.45) is -0.924. The van der Waals surface area contributed by atoms with Gasteiger partial charge >= 0.3 is 5.97 Å². The zero-order valence-electron chi connectivity index (χ0n) is 6.87. The first-order chi connectivity index (χ1) is 5.20. The Morgan fingerprint density at radius 3 is 2.27 bits per heavy atom. The number of cyclic esters (lactones) is 1. The first-order valence-corrected chi connectivity index (χ1v) is 3.46. The molecule has 0 radical (unpaired) electrons. The summed E-state index contributed by atoms with van der Waals surface area (Å²) in [4.78, 5) is 11.0. The van der Waals surface area contributed by atoms with Crippen molar-refractivity contribution in [1.82, 2.24) is 0 Å². The van der Waals surface area contributed by atoms with Gasteiger partial charge in [-0.05, 0) is 0 Å². The number of esters is 1. The quantitative estimate of drug-likeness (QED) is 0.540. The van der Waals surface area contributed by atoms with Gasteiger partial charge in [0, 0.05) is 14.2 Å². The molecule has 0 aromatic rings. The van der Waals surface area contributed by atoms with E-state index in [1.165, 1.54) is 14.2 Å². The normalized spacial score (nSPS) is 37.4. The highest BCUT2D eigenvalue weighted by Crippen LogP contribution is 2.24. The van der Waals surface area contributed by atoms with E-state index in [9.17, 15) is 4.79 Å². The second-order valence-electron chi connectivity index (χ2n) is 2.56. The van der Waals surface area contributed by atoms with Crippen molar-refractivity contribution in [2.45, 2.75) is 19.3 Å². The maximum atomic E-state index is 11.0. The monoisotopic (exact) mass is 160 g/mol. The largest absolute Gasteiger partial charge is 0.433 e. The lowest BCUT2D eigenvalue weighted by molar-refractivity contribution is -0.162. The van der Waals surface area contributed by atoms with Crippen LogP contribution in [0.2, 0.25) is 0 Å². The molecule has 0 aliphatic carbocycles. The van der Waals surface area contributed by atoms with Crippen LogP contribution in [-0.2, 0) is 19.0 Å². The number of carbonyl (C=O) groups is 1. The van der Waals surface area contributed by atoms with Crippen LogP contribution >= 0.6 is 0 Å². The van der Waals surface area contributed by atoms with Crippen LogP contribution in [0.1, 0.15) is 6.92 Å². The fourth-order valence-corrected chi connectivity index (χ4v) is 1.22. The molecule has 0 bridgehead atoms. The molecular weight excluding hydrogens is 148 g/mol. The fraction of sp³-hybridized carbons (Fsp3) is 0.857. The molecule has 1 fully saturated rings. The Hall–Kier alpha value is -0.610. The third-order valence-electron chi connectivity index (χ3n) is 1.86. The lowest BCUT2D eigenvalue weighted by atomic mass is 10.1. The zero-order chi connectivity index (χ0) is 8.43. The predicted molar refractivity (Wildman–Crippen MR) is 36.9 cm³/mol. The van der Waals surface area contributed by atoms with Gasteiger partial charge in [-0.3, -0.25) is 0 Å². The van der Waals surface area contributed by atoms with E-state index in [-0.39, 0.29) is 11.9 Å². The van der Waals surface area contributed by atoms with Gasteiger partial charge in [0.2, 0.25) is 6.29 Å². The van der Waals surface area contributed by atoms with Crippen LogP contribution in [0.3, 0.4) is 0 Å².